The van der Waals surface area contributed by atoms with E-state index >= 15 is 0 Å². The number of thiazole rings is 1. The first-order valence-corrected chi connectivity index (χ1v) is 8.15. The zero-order valence-electron chi connectivity index (χ0n) is 9.84. The van der Waals surface area contributed by atoms with Gasteiger partial charge in [-0.25, -0.2) is 17.8 Å². The quantitative estimate of drug-likeness (QED) is 0.944. The molecular formula is C12H11FN2O2S2. The van der Waals surface area contributed by atoms with Gasteiger partial charge in [0.2, 0.25) is 0 Å². The Labute approximate surface area is 114 Å². The summed E-state index contributed by atoms with van der Waals surface area (Å²) in [5.74, 6) is 0.0181. The third kappa shape index (κ3) is 2.76. The van der Waals surface area contributed by atoms with Gasteiger partial charge >= 0.3 is 0 Å². The lowest BCUT2D eigenvalue weighted by Gasteiger charge is -2.04. The number of anilines is 1. The van der Waals surface area contributed by atoms with Gasteiger partial charge in [-0.3, -0.25) is 4.72 Å². The first-order valence-electron chi connectivity index (χ1n) is 5.78. The lowest BCUT2D eigenvalue weighted by molar-refractivity contribution is 0.599. The largest absolute Gasteiger partial charge is 0.263 e. The molecule has 0 atom stereocenters. The van der Waals surface area contributed by atoms with Crippen LogP contribution in [-0.2, 0) is 10.0 Å². The smallest absolute Gasteiger partial charge is 0.255 e. The van der Waals surface area contributed by atoms with Crippen molar-refractivity contribution in [2.45, 2.75) is 23.7 Å². The van der Waals surface area contributed by atoms with E-state index in [0.717, 1.165) is 30.7 Å². The highest BCUT2D eigenvalue weighted by Gasteiger charge is 2.26. The maximum atomic E-state index is 12.8. The van der Waals surface area contributed by atoms with Crippen molar-refractivity contribution in [1.82, 2.24) is 4.98 Å². The Morgan fingerprint density at radius 3 is 2.58 bits per heavy atom. The second-order valence-corrected chi connectivity index (χ2v) is 6.95. The average Bonchev–Trinajstić information content (AvgIpc) is 3.11. The van der Waals surface area contributed by atoms with Crippen molar-refractivity contribution < 1.29 is 12.8 Å². The molecule has 0 unspecified atom stereocenters. The molecule has 1 aromatic heterocycles. The van der Waals surface area contributed by atoms with Crippen molar-refractivity contribution in [1.29, 1.82) is 0 Å². The summed E-state index contributed by atoms with van der Waals surface area (Å²) < 4.78 is 39.3. The zero-order valence-corrected chi connectivity index (χ0v) is 11.5. The average molecular weight is 298 g/mol. The maximum Gasteiger partial charge on any atom is 0.263 e. The Bertz CT molecular complexity index is 691. The van der Waals surface area contributed by atoms with Gasteiger partial charge in [0.1, 0.15) is 5.82 Å². The summed E-state index contributed by atoms with van der Waals surface area (Å²) in [6, 6.07) is 4.69. The molecule has 0 aliphatic heterocycles. The minimum absolute atomic E-state index is 0.0251. The van der Waals surface area contributed by atoms with E-state index in [4.69, 9.17) is 0 Å². The SMILES string of the molecule is O=S(=O)(Nc1nc(C2CC2)cs1)c1ccc(F)cc1. The van der Waals surface area contributed by atoms with Gasteiger partial charge in [-0.2, -0.15) is 0 Å². The van der Waals surface area contributed by atoms with Crippen LogP contribution in [-0.4, -0.2) is 13.4 Å². The van der Waals surface area contributed by atoms with Crippen LogP contribution in [0, 0.1) is 5.82 Å². The highest BCUT2D eigenvalue weighted by atomic mass is 32.2. The predicted octanol–water partition coefficient (Wildman–Crippen LogP) is 2.96. The molecule has 4 nitrogen and oxygen atoms in total. The number of aromatic nitrogens is 1. The lowest BCUT2D eigenvalue weighted by atomic mass is 10.3. The summed E-state index contributed by atoms with van der Waals surface area (Å²) in [5.41, 5.74) is 0.946. The number of nitrogens with zero attached hydrogens (tertiary/aromatic N) is 1. The van der Waals surface area contributed by atoms with Crippen LogP contribution in [0.5, 0.6) is 0 Å². The highest BCUT2D eigenvalue weighted by Crippen LogP contribution is 2.41. The number of sulfonamides is 1. The van der Waals surface area contributed by atoms with E-state index in [1.54, 1.807) is 0 Å². The number of nitrogens with one attached hydrogen (secondary N) is 1. The molecule has 1 aliphatic carbocycles. The predicted molar refractivity (Wildman–Crippen MR) is 71.3 cm³/mol. The fourth-order valence-electron chi connectivity index (χ4n) is 1.69. The number of hydrogen-bond acceptors (Lipinski definition) is 4. The van der Waals surface area contributed by atoms with Gasteiger partial charge in [-0.05, 0) is 37.1 Å². The summed E-state index contributed by atoms with van der Waals surface area (Å²) in [7, 11) is -3.69. The fraction of sp³-hybridized carbons (Fsp3) is 0.250. The van der Waals surface area contributed by atoms with Gasteiger partial charge < -0.3 is 0 Å². The topological polar surface area (TPSA) is 59.1 Å². The van der Waals surface area contributed by atoms with E-state index < -0.39 is 15.8 Å². The van der Waals surface area contributed by atoms with Gasteiger partial charge in [0.25, 0.3) is 10.0 Å². The van der Waals surface area contributed by atoms with Crippen LogP contribution < -0.4 is 4.72 Å². The van der Waals surface area contributed by atoms with Crippen molar-refractivity contribution in [3.63, 3.8) is 0 Å². The third-order valence-electron chi connectivity index (χ3n) is 2.86. The molecule has 0 saturated heterocycles. The van der Waals surface area contributed by atoms with Crippen molar-refractivity contribution in [2.24, 2.45) is 0 Å². The maximum absolute atomic E-state index is 12.8. The zero-order chi connectivity index (χ0) is 13.5. The van der Waals surface area contributed by atoms with Crippen LogP contribution in [0.2, 0.25) is 0 Å². The minimum Gasteiger partial charge on any atom is -0.255 e. The fourth-order valence-corrected chi connectivity index (χ4v) is 3.73. The molecule has 1 heterocycles. The number of halogens is 1. The molecule has 0 spiro atoms. The third-order valence-corrected chi connectivity index (χ3v) is 5.12. The van der Waals surface area contributed by atoms with E-state index in [9.17, 15) is 12.8 Å². The van der Waals surface area contributed by atoms with Crippen LogP contribution in [0.25, 0.3) is 0 Å². The van der Waals surface area contributed by atoms with E-state index in [-0.39, 0.29) is 4.90 Å². The molecule has 1 saturated carbocycles. The monoisotopic (exact) mass is 298 g/mol. The van der Waals surface area contributed by atoms with Crippen molar-refractivity contribution in [2.75, 3.05) is 4.72 Å². The molecule has 3 rings (SSSR count). The van der Waals surface area contributed by atoms with Crippen molar-refractivity contribution in [3.8, 4) is 0 Å². The van der Waals surface area contributed by atoms with E-state index in [0.29, 0.717) is 11.0 Å². The van der Waals surface area contributed by atoms with Gasteiger partial charge in [0, 0.05) is 11.3 Å². The first kappa shape index (κ1) is 12.6. The molecular weight excluding hydrogens is 287 g/mol. The first-order chi connectivity index (χ1) is 9.04. The number of hydrogen-bond donors (Lipinski definition) is 1. The number of rotatable bonds is 4. The normalized spacial score (nSPS) is 15.4. The molecule has 1 N–H and O–H groups in total. The summed E-state index contributed by atoms with van der Waals surface area (Å²) in [5, 5.41) is 2.23. The molecule has 1 aromatic carbocycles. The molecule has 0 bridgehead atoms. The van der Waals surface area contributed by atoms with Gasteiger partial charge in [-0.15, -0.1) is 11.3 Å². The summed E-state index contributed by atoms with van der Waals surface area (Å²) in [6.45, 7) is 0. The molecule has 0 radical (unpaired) electrons. The van der Waals surface area contributed by atoms with Crippen molar-refractivity contribution >= 4 is 26.5 Å². The standard InChI is InChI=1S/C12H11FN2O2S2/c13-9-3-5-10(6-4-9)19(16,17)15-12-14-11(7-18-12)8-1-2-8/h3-8H,1-2H2,(H,14,15). The summed E-state index contributed by atoms with van der Waals surface area (Å²) in [6.07, 6.45) is 2.24. The van der Waals surface area contributed by atoms with E-state index in [1.807, 2.05) is 5.38 Å². The van der Waals surface area contributed by atoms with Crippen LogP contribution in [0.1, 0.15) is 24.5 Å². The second kappa shape index (κ2) is 4.57. The molecule has 0 amide bonds. The Hall–Kier alpha value is -1.47. The molecule has 2 aromatic rings. The highest BCUT2D eigenvalue weighted by molar-refractivity contribution is 7.93. The van der Waals surface area contributed by atoms with Gasteiger partial charge in [0.15, 0.2) is 5.13 Å². The lowest BCUT2D eigenvalue weighted by Crippen LogP contribution is -2.12. The van der Waals surface area contributed by atoms with Crippen LogP contribution >= 0.6 is 11.3 Å². The van der Waals surface area contributed by atoms with Gasteiger partial charge in [-0.1, -0.05) is 0 Å². The minimum atomic E-state index is -3.69. The van der Waals surface area contributed by atoms with Crippen LogP contribution in [0.4, 0.5) is 9.52 Å². The second-order valence-electron chi connectivity index (χ2n) is 4.41. The molecule has 100 valence electrons. The molecule has 1 fully saturated rings. The Morgan fingerprint density at radius 1 is 1.26 bits per heavy atom. The Balaban J connectivity index is 1.81. The Morgan fingerprint density at radius 2 is 1.95 bits per heavy atom. The van der Waals surface area contributed by atoms with E-state index in [2.05, 4.69) is 9.71 Å². The van der Waals surface area contributed by atoms with Crippen LogP contribution in [0.15, 0.2) is 34.5 Å². The number of benzene rings is 1. The molecule has 19 heavy (non-hydrogen) atoms. The van der Waals surface area contributed by atoms with Crippen molar-refractivity contribution in [3.05, 3.63) is 41.2 Å². The summed E-state index contributed by atoms with van der Waals surface area (Å²) >= 11 is 1.27. The molecule has 7 heteroatoms. The van der Waals surface area contributed by atoms with Gasteiger partial charge in [0.05, 0.1) is 10.6 Å². The summed E-state index contributed by atoms with van der Waals surface area (Å²) in [4.78, 5) is 4.28. The Kier molecular flexibility index (Phi) is 3.02. The van der Waals surface area contributed by atoms with Crippen LogP contribution in [0.3, 0.4) is 0 Å². The van der Waals surface area contributed by atoms with E-state index in [1.165, 1.54) is 23.5 Å². The molecule has 1 aliphatic rings.